The molecule has 2 nitrogen and oxygen atoms in total. The summed E-state index contributed by atoms with van der Waals surface area (Å²) in [4.78, 5) is 0. The van der Waals surface area contributed by atoms with Gasteiger partial charge in [0.15, 0.2) is 0 Å². The second-order valence-electron chi connectivity index (χ2n) is 3.50. The second kappa shape index (κ2) is 6.49. The van der Waals surface area contributed by atoms with Gasteiger partial charge in [-0.15, -0.1) is 0 Å². The number of rotatable bonds is 5. The largest absolute Gasteiger partial charge is 0.489 e. The molecule has 1 atom stereocenters. The Morgan fingerprint density at radius 2 is 2.33 bits per heavy atom. The Bertz CT molecular complexity index is 323. The van der Waals surface area contributed by atoms with E-state index in [1.807, 2.05) is 31.2 Å². The van der Waals surface area contributed by atoms with E-state index in [2.05, 4.69) is 0 Å². The Kier molecular flexibility index (Phi) is 5.22. The standard InChI is InChI=1S/C12H16ClNO/c1-10(14)8-11-4-2-5-12(9-11)15-7-3-6-13/h2-6,9-10H,7-8,14H2,1H3/b6-3+. The van der Waals surface area contributed by atoms with Crippen LogP contribution in [0.5, 0.6) is 5.75 Å². The zero-order valence-electron chi connectivity index (χ0n) is 8.82. The lowest BCUT2D eigenvalue weighted by atomic mass is 10.1. The summed E-state index contributed by atoms with van der Waals surface area (Å²) < 4.78 is 5.46. The third-order valence-corrected chi connectivity index (χ3v) is 2.07. The van der Waals surface area contributed by atoms with Crippen LogP contribution in [0.3, 0.4) is 0 Å². The number of hydrogen-bond donors (Lipinski definition) is 1. The smallest absolute Gasteiger partial charge is 0.120 e. The molecule has 2 N–H and O–H groups in total. The molecule has 0 saturated carbocycles. The first kappa shape index (κ1) is 12.1. The minimum Gasteiger partial charge on any atom is -0.489 e. The highest BCUT2D eigenvalue weighted by Gasteiger charge is 1.99. The third-order valence-electron chi connectivity index (χ3n) is 1.89. The van der Waals surface area contributed by atoms with Crippen molar-refractivity contribution in [1.82, 2.24) is 0 Å². The first-order valence-corrected chi connectivity index (χ1v) is 5.38. The monoisotopic (exact) mass is 225 g/mol. The predicted octanol–water partition coefficient (Wildman–Crippen LogP) is 2.71. The highest BCUT2D eigenvalue weighted by molar-refractivity contribution is 6.25. The summed E-state index contributed by atoms with van der Waals surface area (Å²) in [5.74, 6) is 0.850. The van der Waals surface area contributed by atoms with Gasteiger partial charge in [-0.3, -0.25) is 0 Å². The SMILES string of the molecule is CC(N)Cc1cccc(OC/C=C/Cl)c1. The van der Waals surface area contributed by atoms with Crippen molar-refractivity contribution in [2.75, 3.05) is 6.61 Å². The molecule has 1 aromatic rings. The third kappa shape index (κ3) is 4.86. The molecule has 0 fully saturated rings. The summed E-state index contributed by atoms with van der Waals surface area (Å²) >= 11 is 5.39. The first-order chi connectivity index (χ1) is 7.22. The fraction of sp³-hybridized carbons (Fsp3) is 0.333. The molecule has 0 aromatic heterocycles. The van der Waals surface area contributed by atoms with E-state index in [9.17, 15) is 0 Å². The van der Waals surface area contributed by atoms with E-state index in [1.165, 1.54) is 11.1 Å². The van der Waals surface area contributed by atoms with Gasteiger partial charge in [-0.05, 0) is 37.1 Å². The van der Waals surface area contributed by atoms with Gasteiger partial charge < -0.3 is 10.5 Å². The number of halogens is 1. The summed E-state index contributed by atoms with van der Waals surface area (Å²) in [5.41, 5.74) is 8.37. The lowest BCUT2D eigenvalue weighted by Crippen LogP contribution is -2.17. The van der Waals surface area contributed by atoms with E-state index in [0.717, 1.165) is 12.2 Å². The van der Waals surface area contributed by atoms with Crippen molar-refractivity contribution in [2.24, 2.45) is 5.73 Å². The van der Waals surface area contributed by atoms with E-state index >= 15 is 0 Å². The molecule has 0 spiro atoms. The molecule has 3 heteroatoms. The topological polar surface area (TPSA) is 35.2 Å². The predicted molar refractivity (Wildman–Crippen MR) is 64.3 cm³/mol. The van der Waals surface area contributed by atoms with Crippen LogP contribution in [0.15, 0.2) is 35.9 Å². The lowest BCUT2D eigenvalue weighted by molar-refractivity contribution is 0.362. The molecular formula is C12H16ClNO. The fourth-order valence-electron chi connectivity index (χ4n) is 1.31. The lowest BCUT2D eigenvalue weighted by Gasteiger charge is -2.08. The normalized spacial score (nSPS) is 13.0. The van der Waals surface area contributed by atoms with Gasteiger partial charge in [0.05, 0.1) is 0 Å². The Balaban J connectivity index is 2.57. The van der Waals surface area contributed by atoms with Gasteiger partial charge in [0.25, 0.3) is 0 Å². The van der Waals surface area contributed by atoms with Gasteiger partial charge in [-0.1, -0.05) is 23.7 Å². The van der Waals surface area contributed by atoms with Gasteiger partial charge in [0, 0.05) is 11.6 Å². The van der Waals surface area contributed by atoms with Crippen molar-refractivity contribution >= 4 is 11.6 Å². The fourth-order valence-corrected chi connectivity index (χ4v) is 1.39. The summed E-state index contributed by atoms with van der Waals surface area (Å²) in [6, 6.07) is 8.12. The molecule has 0 aliphatic carbocycles. The van der Waals surface area contributed by atoms with Crippen LogP contribution in [0.2, 0.25) is 0 Å². The van der Waals surface area contributed by atoms with E-state index in [0.29, 0.717) is 6.61 Å². The minimum absolute atomic E-state index is 0.169. The van der Waals surface area contributed by atoms with Crippen molar-refractivity contribution in [2.45, 2.75) is 19.4 Å². The number of benzene rings is 1. The Labute approximate surface area is 95.7 Å². The molecule has 1 unspecified atom stereocenters. The van der Waals surface area contributed by atoms with Crippen molar-refractivity contribution in [3.63, 3.8) is 0 Å². The molecular weight excluding hydrogens is 210 g/mol. The van der Waals surface area contributed by atoms with E-state index in [4.69, 9.17) is 22.1 Å². The van der Waals surface area contributed by atoms with Crippen molar-refractivity contribution in [3.8, 4) is 5.75 Å². The van der Waals surface area contributed by atoms with Gasteiger partial charge in [0.1, 0.15) is 12.4 Å². The van der Waals surface area contributed by atoms with Crippen molar-refractivity contribution in [1.29, 1.82) is 0 Å². The van der Waals surface area contributed by atoms with Gasteiger partial charge in [-0.25, -0.2) is 0 Å². The molecule has 0 saturated heterocycles. The molecule has 0 radical (unpaired) electrons. The Morgan fingerprint density at radius 3 is 3.00 bits per heavy atom. The molecule has 0 aliphatic rings. The molecule has 0 bridgehead atoms. The highest BCUT2D eigenvalue weighted by atomic mass is 35.5. The maximum absolute atomic E-state index is 5.73. The molecule has 82 valence electrons. The van der Waals surface area contributed by atoms with Gasteiger partial charge >= 0.3 is 0 Å². The van der Waals surface area contributed by atoms with E-state index in [1.54, 1.807) is 6.08 Å². The number of nitrogens with two attached hydrogens (primary N) is 1. The van der Waals surface area contributed by atoms with Gasteiger partial charge in [0.2, 0.25) is 0 Å². The van der Waals surface area contributed by atoms with Gasteiger partial charge in [-0.2, -0.15) is 0 Å². The van der Waals surface area contributed by atoms with Crippen LogP contribution in [0.25, 0.3) is 0 Å². The molecule has 1 rings (SSSR count). The molecule has 1 aromatic carbocycles. The molecule has 0 heterocycles. The van der Waals surface area contributed by atoms with Crippen LogP contribution < -0.4 is 10.5 Å². The molecule has 15 heavy (non-hydrogen) atoms. The van der Waals surface area contributed by atoms with Crippen LogP contribution in [-0.4, -0.2) is 12.6 Å². The summed E-state index contributed by atoms with van der Waals surface area (Å²) in [7, 11) is 0. The van der Waals surface area contributed by atoms with E-state index < -0.39 is 0 Å². The maximum Gasteiger partial charge on any atom is 0.120 e. The van der Waals surface area contributed by atoms with Crippen LogP contribution in [0.1, 0.15) is 12.5 Å². The summed E-state index contributed by atoms with van der Waals surface area (Å²) in [6.45, 7) is 2.48. The highest BCUT2D eigenvalue weighted by Crippen LogP contribution is 2.14. The minimum atomic E-state index is 0.169. The van der Waals surface area contributed by atoms with E-state index in [-0.39, 0.29) is 6.04 Å². The number of ether oxygens (including phenoxy) is 1. The molecule has 0 aliphatic heterocycles. The average Bonchev–Trinajstić information content (AvgIpc) is 2.18. The van der Waals surface area contributed by atoms with Crippen LogP contribution in [0.4, 0.5) is 0 Å². The zero-order chi connectivity index (χ0) is 11.1. The summed E-state index contributed by atoms with van der Waals surface area (Å²) in [6.07, 6.45) is 2.61. The van der Waals surface area contributed by atoms with Crippen molar-refractivity contribution < 1.29 is 4.74 Å². The second-order valence-corrected chi connectivity index (χ2v) is 3.75. The Hall–Kier alpha value is -0.990. The first-order valence-electron chi connectivity index (χ1n) is 4.95. The number of hydrogen-bond acceptors (Lipinski definition) is 2. The van der Waals surface area contributed by atoms with Crippen LogP contribution in [-0.2, 0) is 6.42 Å². The van der Waals surface area contributed by atoms with Crippen LogP contribution in [0, 0.1) is 0 Å². The average molecular weight is 226 g/mol. The van der Waals surface area contributed by atoms with Crippen LogP contribution >= 0.6 is 11.6 Å². The summed E-state index contributed by atoms with van der Waals surface area (Å²) in [5, 5.41) is 0. The Morgan fingerprint density at radius 1 is 1.53 bits per heavy atom. The van der Waals surface area contributed by atoms with Crippen molar-refractivity contribution in [3.05, 3.63) is 41.4 Å². The maximum atomic E-state index is 5.73. The molecule has 0 amide bonds. The quantitative estimate of drug-likeness (QED) is 0.837. The zero-order valence-corrected chi connectivity index (χ0v) is 9.58.